The topological polar surface area (TPSA) is 37.5 Å². The highest BCUT2D eigenvalue weighted by atomic mass is 16.7. The Bertz CT molecular complexity index is 662. The van der Waals surface area contributed by atoms with Gasteiger partial charge in [0.1, 0.15) is 0 Å². The van der Waals surface area contributed by atoms with Crippen molar-refractivity contribution < 1.29 is 9.47 Å². The minimum atomic E-state index is -0.146. The van der Waals surface area contributed by atoms with Gasteiger partial charge in [-0.1, -0.05) is 18.2 Å². The van der Waals surface area contributed by atoms with Crippen LogP contribution >= 0.6 is 0 Å². The molecule has 0 saturated carbocycles. The Balaban J connectivity index is 1.72. The van der Waals surface area contributed by atoms with E-state index >= 15 is 0 Å². The largest absolute Gasteiger partial charge is 0.358 e. The molecule has 2 aromatic rings. The summed E-state index contributed by atoms with van der Waals surface area (Å²) in [5.41, 5.74) is 4.23. The van der Waals surface area contributed by atoms with Crippen LogP contribution in [0.15, 0.2) is 24.3 Å². The lowest BCUT2D eigenvalue weighted by molar-refractivity contribution is -0.125. The van der Waals surface area contributed by atoms with E-state index in [1.807, 2.05) is 0 Å². The first-order valence-electron chi connectivity index (χ1n) is 8.19. The number of likely N-dealkylation sites (tertiary alicyclic amines) is 1. The van der Waals surface area contributed by atoms with Gasteiger partial charge >= 0.3 is 0 Å². The number of rotatable bonds is 4. The van der Waals surface area contributed by atoms with Crippen LogP contribution in [0.2, 0.25) is 0 Å². The van der Waals surface area contributed by atoms with Gasteiger partial charge in [-0.05, 0) is 43.4 Å². The number of ether oxygens (including phenoxy) is 2. The third kappa shape index (κ3) is 2.26. The quantitative estimate of drug-likeness (QED) is 0.882. The molecule has 1 fully saturated rings. The standard InChI is InChI=1S/C18H24N2O2/c1-21-17(22-2)11-20-8-7-12-9-15-18(16(20)10-12)13-5-3-4-6-14(13)19-15/h3-6,12,16-17,19H,7-11H2,1-2H3/t12-,16-/m0/s1. The molecule has 2 heterocycles. The molecule has 4 nitrogen and oxygen atoms in total. The molecule has 0 unspecified atom stereocenters. The summed E-state index contributed by atoms with van der Waals surface area (Å²) < 4.78 is 10.9. The minimum Gasteiger partial charge on any atom is -0.358 e. The van der Waals surface area contributed by atoms with Crippen molar-refractivity contribution in [1.82, 2.24) is 9.88 Å². The van der Waals surface area contributed by atoms with Crippen LogP contribution in [0.4, 0.5) is 0 Å². The van der Waals surface area contributed by atoms with Crippen LogP contribution < -0.4 is 0 Å². The summed E-state index contributed by atoms with van der Waals surface area (Å²) in [4.78, 5) is 6.21. The van der Waals surface area contributed by atoms with Crippen LogP contribution in [0.5, 0.6) is 0 Å². The van der Waals surface area contributed by atoms with Crippen molar-refractivity contribution in [3.63, 3.8) is 0 Å². The van der Waals surface area contributed by atoms with Crippen molar-refractivity contribution in [2.24, 2.45) is 5.92 Å². The molecule has 22 heavy (non-hydrogen) atoms. The first kappa shape index (κ1) is 14.2. The molecule has 2 atom stereocenters. The van der Waals surface area contributed by atoms with Gasteiger partial charge in [-0.25, -0.2) is 0 Å². The Morgan fingerprint density at radius 3 is 2.91 bits per heavy atom. The molecule has 1 aromatic carbocycles. The normalized spacial score (nSPS) is 24.9. The van der Waals surface area contributed by atoms with Crippen LogP contribution in [0.3, 0.4) is 0 Å². The molecule has 0 spiro atoms. The molecule has 1 saturated heterocycles. The minimum absolute atomic E-state index is 0.146. The Labute approximate surface area is 131 Å². The molecule has 0 amide bonds. The van der Waals surface area contributed by atoms with Crippen LogP contribution in [0.1, 0.15) is 30.1 Å². The van der Waals surface area contributed by atoms with Crippen LogP contribution in [-0.4, -0.2) is 43.5 Å². The lowest BCUT2D eigenvalue weighted by Gasteiger charge is -2.44. The van der Waals surface area contributed by atoms with E-state index in [1.54, 1.807) is 14.2 Å². The van der Waals surface area contributed by atoms with E-state index < -0.39 is 0 Å². The van der Waals surface area contributed by atoms with Gasteiger partial charge in [-0.3, -0.25) is 4.90 Å². The summed E-state index contributed by atoms with van der Waals surface area (Å²) in [6.07, 6.45) is 3.58. The number of H-pyrrole nitrogens is 1. The molecule has 4 rings (SSSR count). The van der Waals surface area contributed by atoms with E-state index in [2.05, 4.69) is 34.1 Å². The first-order valence-corrected chi connectivity index (χ1v) is 8.19. The molecule has 1 N–H and O–H groups in total. The average molecular weight is 300 g/mol. The van der Waals surface area contributed by atoms with Crippen molar-refractivity contribution in [2.75, 3.05) is 27.3 Å². The van der Waals surface area contributed by atoms with Gasteiger partial charge < -0.3 is 14.5 Å². The van der Waals surface area contributed by atoms with E-state index in [9.17, 15) is 0 Å². The zero-order valence-corrected chi connectivity index (χ0v) is 13.3. The maximum atomic E-state index is 5.43. The van der Waals surface area contributed by atoms with E-state index in [4.69, 9.17) is 9.47 Å². The average Bonchev–Trinajstić information content (AvgIpc) is 2.92. The number of nitrogens with one attached hydrogen (secondary N) is 1. The molecule has 1 aliphatic heterocycles. The van der Waals surface area contributed by atoms with E-state index in [0.717, 1.165) is 19.0 Å². The number of piperidine rings is 1. The van der Waals surface area contributed by atoms with E-state index in [1.165, 1.54) is 41.4 Å². The van der Waals surface area contributed by atoms with Crippen molar-refractivity contribution in [2.45, 2.75) is 31.6 Å². The highest BCUT2D eigenvalue weighted by molar-refractivity contribution is 5.85. The number of benzene rings is 1. The number of methoxy groups -OCH3 is 2. The van der Waals surface area contributed by atoms with Gasteiger partial charge in [0.15, 0.2) is 6.29 Å². The summed E-state index contributed by atoms with van der Waals surface area (Å²) in [6, 6.07) is 9.19. The lowest BCUT2D eigenvalue weighted by atomic mass is 9.78. The molecule has 118 valence electrons. The number of hydrogen-bond acceptors (Lipinski definition) is 3. The van der Waals surface area contributed by atoms with Gasteiger partial charge in [-0.2, -0.15) is 0 Å². The van der Waals surface area contributed by atoms with Crippen LogP contribution in [0, 0.1) is 5.92 Å². The summed E-state index contributed by atoms with van der Waals surface area (Å²) in [5, 5.41) is 1.39. The highest BCUT2D eigenvalue weighted by Gasteiger charge is 2.38. The fraction of sp³-hybridized carbons (Fsp3) is 0.556. The zero-order chi connectivity index (χ0) is 15.1. The Kier molecular flexibility index (Phi) is 3.68. The Morgan fingerprint density at radius 1 is 1.27 bits per heavy atom. The van der Waals surface area contributed by atoms with Gasteiger partial charge in [0.25, 0.3) is 0 Å². The number of hydrogen-bond donors (Lipinski definition) is 1. The summed E-state index contributed by atoms with van der Waals surface area (Å²) >= 11 is 0. The Morgan fingerprint density at radius 2 is 2.09 bits per heavy atom. The number of aromatic amines is 1. The van der Waals surface area contributed by atoms with Crippen molar-refractivity contribution in [1.29, 1.82) is 0 Å². The monoisotopic (exact) mass is 300 g/mol. The fourth-order valence-corrected chi connectivity index (χ4v) is 4.28. The van der Waals surface area contributed by atoms with Gasteiger partial charge in [-0.15, -0.1) is 0 Å². The maximum absolute atomic E-state index is 5.43. The molecule has 1 aromatic heterocycles. The Hall–Kier alpha value is -1.36. The SMILES string of the molecule is COC(CN1CC[C@H]2Cc3[nH]c4ccccc4c3[C@@H]1C2)OC. The fourth-order valence-electron chi connectivity index (χ4n) is 4.28. The van der Waals surface area contributed by atoms with Crippen LogP contribution in [-0.2, 0) is 15.9 Å². The third-order valence-electron chi connectivity index (χ3n) is 5.39. The van der Waals surface area contributed by atoms with Crippen molar-refractivity contribution in [3.05, 3.63) is 35.5 Å². The summed E-state index contributed by atoms with van der Waals surface area (Å²) in [5.74, 6) is 0.811. The molecule has 0 radical (unpaired) electrons. The van der Waals surface area contributed by atoms with Crippen molar-refractivity contribution >= 4 is 10.9 Å². The molecule has 1 aliphatic carbocycles. The van der Waals surface area contributed by atoms with E-state index in [0.29, 0.717) is 6.04 Å². The number of fused-ring (bicyclic) bond motifs is 6. The number of aromatic nitrogens is 1. The second-order valence-corrected chi connectivity index (χ2v) is 6.57. The first-order chi connectivity index (χ1) is 10.8. The maximum Gasteiger partial charge on any atom is 0.169 e. The summed E-state index contributed by atoms with van der Waals surface area (Å²) in [7, 11) is 3.44. The predicted octanol–water partition coefficient (Wildman–Crippen LogP) is 3.10. The predicted molar refractivity (Wildman–Crippen MR) is 86.8 cm³/mol. The summed E-state index contributed by atoms with van der Waals surface area (Å²) in [6.45, 7) is 1.97. The lowest BCUT2D eigenvalue weighted by Crippen LogP contribution is -2.44. The number of nitrogens with zero attached hydrogens (tertiary/aromatic N) is 1. The highest BCUT2D eigenvalue weighted by Crippen LogP contribution is 2.45. The second kappa shape index (κ2) is 5.69. The molecule has 2 bridgehead atoms. The smallest absolute Gasteiger partial charge is 0.169 e. The van der Waals surface area contributed by atoms with Gasteiger partial charge in [0.05, 0.1) is 6.54 Å². The second-order valence-electron chi connectivity index (χ2n) is 6.57. The molecule has 4 heteroatoms. The third-order valence-corrected chi connectivity index (χ3v) is 5.39. The molecule has 2 aliphatic rings. The van der Waals surface area contributed by atoms with E-state index in [-0.39, 0.29) is 6.29 Å². The van der Waals surface area contributed by atoms with Gasteiger partial charge in [0.2, 0.25) is 0 Å². The molecular formula is C18H24N2O2. The van der Waals surface area contributed by atoms with Crippen molar-refractivity contribution in [3.8, 4) is 0 Å². The number of para-hydroxylation sites is 1. The zero-order valence-electron chi connectivity index (χ0n) is 13.3. The van der Waals surface area contributed by atoms with Gasteiger partial charge in [0, 0.05) is 36.9 Å². The molecular weight excluding hydrogens is 276 g/mol. The van der Waals surface area contributed by atoms with Crippen LogP contribution in [0.25, 0.3) is 10.9 Å².